The van der Waals surface area contributed by atoms with Crippen LogP contribution >= 0.6 is 0 Å². The van der Waals surface area contributed by atoms with Crippen molar-refractivity contribution in [3.05, 3.63) is 80.6 Å². The fraction of sp³-hybridized carbons (Fsp3) is 0.320. The van der Waals surface area contributed by atoms with Gasteiger partial charge in [0.05, 0.1) is 47.6 Å². The van der Waals surface area contributed by atoms with Crippen molar-refractivity contribution in [1.82, 2.24) is 24.7 Å². The minimum absolute atomic E-state index is 0.0907. The molecule has 0 spiro atoms. The van der Waals surface area contributed by atoms with Crippen LogP contribution in [0.4, 0.5) is 49.6 Å². The molecule has 2 atom stereocenters. The van der Waals surface area contributed by atoms with Crippen LogP contribution in [-0.4, -0.2) is 50.2 Å². The van der Waals surface area contributed by atoms with Gasteiger partial charge in [0.1, 0.15) is 17.6 Å². The van der Waals surface area contributed by atoms with E-state index in [9.17, 15) is 49.1 Å². The van der Waals surface area contributed by atoms with Gasteiger partial charge in [-0.15, -0.1) is 0 Å². The molecule has 3 heterocycles. The Hall–Kier alpha value is -4.55. The predicted octanol–water partition coefficient (Wildman–Crippen LogP) is 5.17. The van der Waals surface area contributed by atoms with E-state index in [1.54, 1.807) is 5.10 Å². The summed E-state index contributed by atoms with van der Waals surface area (Å²) in [5.41, 5.74) is -6.72. The minimum atomic E-state index is -5.19. The fourth-order valence-corrected chi connectivity index (χ4v) is 4.20. The Morgan fingerprint density at radius 2 is 1.66 bits per heavy atom. The van der Waals surface area contributed by atoms with Crippen molar-refractivity contribution in [3.8, 4) is 11.4 Å². The lowest BCUT2D eigenvalue weighted by Crippen LogP contribution is -2.35. The second-order valence-corrected chi connectivity index (χ2v) is 9.24. The number of aromatic amines is 1. The van der Waals surface area contributed by atoms with Gasteiger partial charge < -0.3 is 14.6 Å². The number of H-pyrrole nitrogens is 1. The van der Waals surface area contributed by atoms with Crippen molar-refractivity contribution >= 4 is 16.5 Å². The molecule has 0 amide bonds. The van der Waals surface area contributed by atoms with Crippen LogP contribution in [0.3, 0.4) is 0 Å². The summed E-state index contributed by atoms with van der Waals surface area (Å²) in [7, 11) is 0. The Morgan fingerprint density at radius 3 is 2.27 bits per heavy atom. The van der Waals surface area contributed by atoms with E-state index in [1.165, 1.54) is 6.07 Å². The van der Waals surface area contributed by atoms with Gasteiger partial charge in [-0.05, 0) is 23.6 Å². The van der Waals surface area contributed by atoms with Gasteiger partial charge in [-0.1, -0.05) is 0 Å². The average molecular weight is 640 g/mol. The molecule has 0 aliphatic rings. The molecule has 4 rings (SSSR count). The molecule has 0 aliphatic heterocycles. The van der Waals surface area contributed by atoms with Gasteiger partial charge in [-0.25, -0.2) is 23.8 Å². The van der Waals surface area contributed by atoms with Crippen molar-refractivity contribution in [2.75, 3.05) is 11.9 Å². The van der Waals surface area contributed by atoms with Crippen molar-refractivity contribution in [3.63, 3.8) is 0 Å². The third-order valence-corrected chi connectivity index (χ3v) is 6.14. The predicted molar refractivity (Wildman–Crippen MR) is 133 cm³/mol. The Morgan fingerprint density at radius 1 is 0.977 bits per heavy atom. The Balaban J connectivity index is 1.57. The van der Waals surface area contributed by atoms with Crippen molar-refractivity contribution in [2.45, 2.75) is 44.1 Å². The van der Waals surface area contributed by atoms with Gasteiger partial charge in [-0.2, -0.15) is 40.2 Å². The third kappa shape index (κ3) is 7.50. The van der Waals surface area contributed by atoms with E-state index in [1.807, 2.05) is 0 Å². The highest BCUT2D eigenvalue weighted by Crippen LogP contribution is 2.32. The third-order valence-electron chi connectivity index (χ3n) is 6.14. The number of anilines is 1. The number of hydrogen-bond acceptors (Lipinski definition) is 7. The number of nitrogens with one attached hydrogen (secondary N) is 2. The topological polar surface area (TPSA) is 115 Å². The highest BCUT2D eigenvalue weighted by molar-refractivity contribution is 5.86. The number of alkyl halides is 9. The quantitative estimate of drug-likeness (QED) is 0.230. The molecule has 19 heteroatoms. The zero-order valence-electron chi connectivity index (χ0n) is 21.7. The summed E-state index contributed by atoms with van der Waals surface area (Å²) in [6.45, 7) is -5.13. The molecule has 3 aromatic heterocycles. The highest BCUT2D eigenvalue weighted by Gasteiger charge is 2.38. The maximum atomic E-state index is 15.1. The Bertz CT molecular complexity index is 1740. The molecule has 4 aromatic rings. The van der Waals surface area contributed by atoms with E-state index in [0.29, 0.717) is 18.6 Å². The van der Waals surface area contributed by atoms with Gasteiger partial charge in [0.25, 0.3) is 11.1 Å². The molecule has 9 nitrogen and oxygen atoms in total. The normalized spacial score (nSPS) is 13.8. The fourth-order valence-electron chi connectivity index (χ4n) is 4.20. The number of pyridine rings is 1. The Kier molecular flexibility index (Phi) is 9.26. The van der Waals surface area contributed by atoms with Crippen LogP contribution in [-0.2, 0) is 23.6 Å². The summed E-state index contributed by atoms with van der Waals surface area (Å²) in [6.07, 6.45) is -10.2. The summed E-state index contributed by atoms with van der Waals surface area (Å²) in [5.74, 6) is -1.48. The molecule has 0 fully saturated rings. The molecule has 2 N–H and O–H groups in total. The second kappa shape index (κ2) is 12.6. The number of hydrogen-bond donors (Lipinski definition) is 2. The zero-order chi connectivity index (χ0) is 32.4. The molecular formula is C25H18F10N6O3. The maximum Gasteiger partial charge on any atom is 0.423 e. The van der Waals surface area contributed by atoms with E-state index >= 15 is 4.39 Å². The minimum Gasteiger partial charge on any atom is -0.378 e. The molecule has 44 heavy (non-hydrogen) atoms. The average Bonchev–Trinajstić information content (AvgIpc) is 2.92. The maximum absolute atomic E-state index is 15.1. The van der Waals surface area contributed by atoms with E-state index in [0.717, 1.165) is 22.9 Å². The van der Waals surface area contributed by atoms with Gasteiger partial charge in [-0.3, -0.25) is 9.59 Å². The van der Waals surface area contributed by atoms with Crippen molar-refractivity contribution < 1.29 is 48.6 Å². The molecule has 0 saturated heterocycles. The van der Waals surface area contributed by atoms with E-state index in [2.05, 4.69) is 25.1 Å². The van der Waals surface area contributed by atoms with Gasteiger partial charge >= 0.3 is 19.0 Å². The number of halogens is 10. The van der Waals surface area contributed by atoms with Crippen LogP contribution in [0.5, 0.6) is 0 Å². The smallest absolute Gasteiger partial charge is 0.378 e. The molecule has 0 aliphatic carbocycles. The summed E-state index contributed by atoms with van der Waals surface area (Å²) in [6, 6.07) is 1.53. The summed E-state index contributed by atoms with van der Waals surface area (Å²) < 4.78 is 139. The van der Waals surface area contributed by atoms with Crippen LogP contribution in [0.1, 0.15) is 17.5 Å². The lowest BCUT2D eigenvalue weighted by atomic mass is 10.1. The number of nitrogens with zero attached hydrogens (tertiary/aromatic N) is 4. The largest absolute Gasteiger partial charge is 0.423 e. The number of rotatable bonds is 10. The standard InChI is InChI=1S/C25H18F10N6O3/c26-13(4-14(10-44-23(28)29)39-18-8-38-40-21(42)19(18)25(33,34)35)9-41-2-1-11-3-16(17(27)5-15(11)22(41)43)20-36-6-12(7-37-20)24(30,31)32/h1-3,5-8,13-14,23H,4,9-10H2,(H2,39,40,42)/t13-,14-/m0/s1. The highest BCUT2D eigenvalue weighted by atomic mass is 19.4. The molecule has 0 unspecified atom stereocenters. The van der Waals surface area contributed by atoms with Crippen LogP contribution in [0.25, 0.3) is 22.2 Å². The lowest BCUT2D eigenvalue weighted by Gasteiger charge is -2.23. The van der Waals surface area contributed by atoms with Gasteiger partial charge in [0.15, 0.2) is 5.82 Å². The summed E-state index contributed by atoms with van der Waals surface area (Å²) in [5, 5.41) is 6.77. The van der Waals surface area contributed by atoms with Gasteiger partial charge in [0, 0.05) is 25.0 Å². The van der Waals surface area contributed by atoms with Crippen molar-refractivity contribution in [2.24, 2.45) is 0 Å². The SMILES string of the molecule is O=c1[nH]ncc(N[C@H](COC(F)F)C[C@H](F)Cn2ccc3cc(-c4ncc(C(F)(F)F)cn4)c(F)cc3c2=O)c1C(F)(F)F. The van der Waals surface area contributed by atoms with Crippen molar-refractivity contribution in [1.29, 1.82) is 0 Å². The first-order chi connectivity index (χ1) is 20.5. The van der Waals surface area contributed by atoms with E-state index < -0.39 is 90.3 Å². The van der Waals surface area contributed by atoms with Crippen LogP contribution < -0.4 is 16.4 Å². The summed E-state index contributed by atoms with van der Waals surface area (Å²) in [4.78, 5) is 31.7. The van der Waals surface area contributed by atoms with E-state index in [-0.39, 0.29) is 16.3 Å². The van der Waals surface area contributed by atoms with Crippen LogP contribution in [0.2, 0.25) is 0 Å². The molecule has 0 saturated carbocycles. The molecule has 1 aromatic carbocycles. The van der Waals surface area contributed by atoms with Crippen LogP contribution in [0.15, 0.2) is 52.6 Å². The first kappa shape index (κ1) is 32.4. The number of benzene rings is 1. The molecule has 236 valence electrons. The monoisotopic (exact) mass is 640 g/mol. The molecule has 0 radical (unpaired) electrons. The Labute approximate surface area is 238 Å². The molecule has 0 bridgehead atoms. The second-order valence-electron chi connectivity index (χ2n) is 9.24. The number of aromatic nitrogens is 5. The number of ether oxygens (including phenoxy) is 1. The van der Waals surface area contributed by atoms with Crippen LogP contribution in [0, 0.1) is 5.82 Å². The summed E-state index contributed by atoms with van der Waals surface area (Å²) >= 11 is 0. The zero-order valence-corrected chi connectivity index (χ0v) is 21.7. The first-order valence-electron chi connectivity index (χ1n) is 12.2. The number of fused-ring (bicyclic) bond motifs is 1. The van der Waals surface area contributed by atoms with Gasteiger partial charge in [0.2, 0.25) is 0 Å². The van der Waals surface area contributed by atoms with E-state index in [4.69, 9.17) is 0 Å². The first-order valence-corrected chi connectivity index (χ1v) is 12.2. The molecular weight excluding hydrogens is 622 g/mol. The lowest BCUT2D eigenvalue weighted by molar-refractivity contribution is -0.139.